The second-order valence-electron chi connectivity index (χ2n) is 5.94. The van der Waals surface area contributed by atoms with Crippen molar-refractivity contribution >= 4 is 62.9 Å². The molecule has 1 heterocycles. The molecule has 5 nitrogen and oxygen atoms in total. The number of benzene rings is 2. The lowest BCUT2D eigenvalue weighted by Crippen LogP contribution is -2.33. The third-order valence-electron chi connectivity index (χ3n) is 3.87. The molecule has 0 saturated carbocycles. The Labute approximate surface area is 170 Å². The van der Waals surface area contributed by atoms with Crippen LogP contribution in [0.15, 0.2) is 53.4 Å². The highest BCUT2D eigenvalue weighted by atomic mass is 127. The fourth-order valence-corrected chi connectivity index (χ4v) is 3.59. The first-order valence-electron chi connectivity index (χ1n) is 7.96. The van der Waals surface area contributed by atoms with Crippen molar-refractivity contribution in [3.63, 3.8) is 0 Å². The number of thioether (sulfide) groups is 1. The SMILES string of the molecule is CN(C)c1ccc(C=C2SC(=O)N(CNc3ccc(I)cc3)C2=O)cc1. The van der Waals surface area contributed by atoms with Crippen molar-refractivity contribution in [1.29, 1.82) is 0 Å². The molecule has 0 atom stereocenters. The molecule has 2 aromatic rings. The number of rotatable bonds is 5. The van der Waals surface area contributed by atoms with Gasteiger partial charge < -0.3 is 10.2 Å². The second-order valence-corrected chi connectivity index (χ2v) is 8.18. The number of hydrogen-bond acceptors (Lipinski definition) is 5. The summed E-state index contributed by atoms with van der Waals surface area (Å²) in [7, 11) is 3.95. The number of anilines is 2. The Morgan fingerprint density at radius 2 is 1.73 bits per heavy atom. The molecule has 1 aliphatic rings. The number of nitrogens with one attached hydrogen (secondary N) is 1. The third kappa shape index (κ3) is 4.39. The molecule has 1 saturated heterocycles. The standard InChI is InChI=1S/C19H18IN3O2S/c1-22(2)16-9-3-13(4-10-16)11-17-18(24)23(19(25)26-17)12-21-15-7-5-14(20)6-8-15/h3-11,21H,12H2,1-2H3. The Bertz CT molecular complexity index is 848. The van der Waals surface area contributed by atoms with Gasteiger partial charge in [0.2, 0.25) is 0 Å². The fourth-order valence-electron chi connectivity index (χ4n) is 2.39. The van der Waals surface area contributed by atoms with Crippen LogP contribution >= 0.6 is 34.4 Å². The first kappa shape index (κ1) is 18.8. The van der Waals surface area contributed by atoms with Crippen LogP contribution < -0.4 is 10.2 Å². The van der Waals surface area contributed by atoms with E-state index in [1.807, 2.05) is 67.5 Å². The van der Waals surface area contributed by atoms with E-state index in [1.54, 1.807) is 6.08 Å². The minimum absolute atomic E-state index is 0.155. The highest BCUT2D eigenvalue weighted by Gasteiger charge is 2.34. The number of imide groups is 1. The van der Waals surface area contributed by atoms with Gasteiger partial charge in [-0.1, -0.05) is 12.1 Å². The summed E-state index contributed by atoms with van der Waals surface area (Å²) in [6, 6.07) is 15.6. The maximum absolute atomic E-state index is 12.5. The van der Waals surface area contributed by atoms with Crippen LogP contribution in [0.25, 0.3) is 6.08 Å². The number of amides is 2. The first-order chi connectivity index (χ1) is 12.4. The number of hydrogen-bond donors (Lipinski definition) is 1. The van der Waals surface area contributed by atoms with Gasteiger partial charge in [0.05, 0.1) is 11.6 Å². The molecule has 1 aliphatic heterocycles. The molecule has 7 heteroatoms. The van der Waals surface area contributed by atoms with Crippen molar-refractivity contribution in [1.82, 2.24) is 4.90 Å². The largest absolute Gasteiger partial charge is 0.378 e. The summed E-state index contributed by atoms with van der Waals surface area (Å²) < 4.78 is 1.13. The molecule has 3 rings (SSSR count). The smallest absolute Gasteiger partial charge is 0.295 e. The van der Waals surface area contributed by atoms with Crippen molar-refractivity contribution in [2.75, 3.05) is 31.0 Å². The van der Waals surface area contributed by atoms with E-state index in [0.29, 0.717) is 4.91 Å². The van der Waals surface area contributed by atoms with Gasteiger partial charge in [-0.2, -0.15) is 0 Å². The van der Waals surface area contributed by atoms with E-state index in [4.69, 9.17) is 0 Å². The van der Waals surface area contributed by atoms with E-state index in [9.17, 15) is 9.59 Å². The highest BCUT2D eigenvalue weighted by Crippen LogP contribution is 2.32. The fraction of sp³-hybridized carbons (Fsp3) is 0.158. The van der Waals surface area contributed by atoms with E-state index in [2.05, 4.69) is 27.9 Å². The summed E-state index contributed by atoms with van der Waals surface area (Å²) >= 11 is 3.20. The van der Waals surface area contributed by atoms with Gasteiger partial charge in [-0.25, -0.2) is 0 Å². The minimum atomic E-state index is -0.269. The lowest BCUT2D eigenvalue weighted by molar-refractivity contribution is -0.122. The van der Waals surface area contributed by atoms with Crippen LogP contribution in [0.4, 0.5) is 16.2 Å². The Kier molecular flexibility index (Phi) is 5.87. The monoisotopic (exact) mass is 479 g/mol. The predicted molar refractivity (Wildman–Crippen MR) is 116 cm³/mol. The maximum atomic E-state index is 12.5. The van der Waals surface area contributed by atoms with Gasteiger partial charge in [-0.3, -0.25) is 14.5 Å². The van der Waals surface area contributed by atoms with E-state index < -0.39 is 0 Å². The van der Waals surface area contributed by atoms with E-state index in [-0.39, 0.29) is 17.8 Å². The van der Waals surface area contributed by atoms with Crippen molar-refractivity contribution in [2.24, 2.45) is 0 Å². The highest BCUT2D eigenvalue weighted by molar-refractivity contribution is 14.1. The summed E-state index contributed by atoms with van der Waals surface area (Å²) in [5, 5.41) is 2.85. The molecular weight excluding hydrogens is 461 g/mol. The average molecular weight is 479 g/mol. The molecule has 0 bridgehead atoms. The molecule has 0 aromatic heterocycles. The van der Waals surface area contributed by atoms with Crippen molar-refractivity contribution < 1.29 is 9.59 Å². The molecule has 1 fully saturated rings. The summed E-state index contributed by atoms with van der Waals surface area (Å²) in [5.41, 5.74) is 2.84. The summed E-state index contributed by atoms with van der Waals surface area (Å²) in [6.45, 7) is 0.155. The zero-order valence-electron chi connectivity index (χ0n) is 14.4. The van der Waals surface area contributed by atoms with Gasteiger partial charge in [0.25, 0.3) is 11.1 Å². The zero-order valence-corrected chi connectivity index (χ0v) is 17.4. The maximum Gasteiger partial charge on any atom is 0.295 e. The summed E-state index contributed by atoms with van der Waals surface area (Å²) in [5.74, 6) is -0.269. The van der Waals surface area contributed by atoms with E-state index in [0.717, 1.165) is 32.3 Å². The Hall–Kier alpha value is -2.00. The van der Waals surface area contributed by atoms with Crippen LogP contribution in [-0.4, -0.2) is 36.8 Å². The number of nitrogens with zero attached hydrogens (tertiary/aromatic N) is 2. The molecule has 1 N–H and O–H groups in total. The minimum Gasteiger partial charge on any atom is -0.378 e. The average Bonchev–Trinajstić information content (AvgIpc) is 2.88. The predicted octanol–water partition coefficient (Wildman–Crippen LogP) is 4.46. The van der Waals surface area contributed by atoms with Crippen molar-refractivity contribution in [3.05, 3.63) is 62.6 Å². The third-order valence-corrected chi connectivity index (χ3v) is 5.49. The Balaban J connectivity index is 1.68. The Morgan fingerprint density at radius 3 is 2.35 bits per heavy atom. The lowest BCUT2D eigenvalue weighted by Gasteiger charge is -2.14. The van der Waals surface area contributed by atoms with Crippen LogP contribution in [-0.2, 0) is 4.79 Å². The van der Waals surface area contributed by atoms with Gasteiger partial charge in [-0.15, -0.1) is 0 Å². The van der Waals surface area contributed by atoms with Crippen LogP contribution in [0.2, 0.25) is 0 Å². The second kappa shape index (κ2) is 8.13. The van der Waals surface area contributed by atoms with Crippen LogP contribution in [0.1, 0.15) is 5.56 Å². The first-order valence-corrected chi connectivity index (χ1v) is 9.86. The quantitative estimate of drug-likeness (QED) is 0.507. The number of carbonyl (C=O) groups excluding carboxylic acids is 2. The molecule has 0 aliphatic carbocycles. The molecular formula is C19H18IN3O2S. The van der Waals surface area contributed by atoms with E-state index in [1.165, 1.54) is 4.90 Å². The van der Waals surface area contributed by atoms with Crippen LogP contribution in [0.3, 0.4) is 0 Å². The normalized spacial score (nSPS) is 15.7. The van der Waals surface area contributed by atoms with Crippen LogP contribution in [0.5, 0.6) is 0 Å². The summed E-state index contributed by atoms with van der Waals surface area (Å²) in [4.78, 5) is 28.4. The van der Waals surface area contributed by atoms with Crippen molar-refractivity contribution in [3.8, 4) is 0 Å². The van der Waals surface area contributed by atoms with Crippen molar-refractivity contribution in [2.45, 2.75) is 0 Å². The van der Waals surface area contributed by atoms with Gasteiger partial charge in [0.15, 0.2) is 0 Å². The molecule has 134 valence electrons. The molecule has 2 amide bonds. The lowest BCUT2D eigenvalue weighted by atomic mass is 10.2. The summed E-state index contributed by atoms with van der Waals surface area (Å²) in [6.07, 6.45) is 1.76. The number of halogens is 1. The molecule has 0 spiro atoms. The van der Waals surface area contributed by atoms with E-state index >= 15 is 0 Å². The zero-order chi connectivity index (χ0) is 18.7. The Morgan fingerprint density at radius 1 is 1.08 bits per heavy atom. The van der Waals surface area contributed by atoms with Gasteiger partial charge in [0.1, 0.15) is 0 Å². The molecule has 2 aromatic carbocycles. The van der Waals surface area contributed by atoms with Gasteiger partial charge in [-0.05, 0) is 82.4 Å². The van der Waals surface area contributed by atoms with Crippen LogP contribution in [0, 0.1) is 3.57 Å². The molecule has 0 unspecified atom stereocenters. The topological polar surface area (TPSA) is 52.7 Å². The van der Waals surface area contributed by atoms with Gasteiger partial charge >= 0.3 is 0 Å². The molecule has 26 heavy (non-hydrogen) atoms. The number of carbonyl (C=O) groups is 2. The molecule has 0 radical (unpaired) electrons. The van der Waals surface area contributed by atoms with Gasteiger partial charge in [0, 0.05) is 29.0 Å².